The van der Waals surface area contributed by atoms with E-state index in [1.807, 2.05) is 36.4 Å². The summed E-state index contributed by atoms with van der Waals surface area (Å²) in [6.45, 7) is 5.15. The van der Waals surface area contributed by atoms with Crippen LogP contribution in [-0.2, 0) is 0 Å². The maximum atomic E-state index is 6.20. The van der Waals surface area contributed by atoms with Gasteiger partial charge in [-0.1, -0.05) is 18.2 Å². The number of hydrogen-bond donors (Lipinski definition) is 3. The summed E-state index contributed by atoms with van der Waals surface area (Å²) >= 11 is 6.20. The van der Waals surface area contributed by atoms with Gasteiger partial charge in [-0.05, 0) is 55.3 Å². The minimum atomic E-state index is 0.172. The molecular weight excluding hydrogens is 426 g/mol. The Morgan fingerprint density at radius 3 is 2.56 bits per heavy atom. The number of nitrogen functional groups attached to an aromatic ring is 1. The second-order valence-electron chi connectivity index (χ2n) is 7.17. The molecule has 0 spiro atoms. The van der Waals surface area contributed by atoms with Crippen molar-refractivity contribution in [1.82, 2.24) is 19.9 Å². The van der Waals surface area contributed by atoms with Crippen molar-refractivity contribution in [2.24, 2.45) is 0 Å². The molecule has 32 heavy (non-hydrogen) atoms. The van der Waals surface area contributed by atoms with Gasteiger partial charge in [0.05, 0.1) is 23.8 Å². The number of anilines is 3. The van der Waals surface area contributed by atoms with E-state index in [9.17, 15) is 0 Å². The van der Waals surface area contributed by atoms with Gasteiger partial charge in [-0.15, -0.1) is 0 Å². The molecule has 0 bridgehead atoms. The van der Waals surface area contributed by atoms with E-state index in [0.717, 1.165) is 52.6 Å². The predicted molar refractivity (Wildman–Crippen MR) is 131 cm³/mol. The number of halogens is 1. The number of nitrogens with one attached hydrogen (secondary N) is 2. The van der Waals surface area contributed by atoms with Gasteiger partial charge in [0.25, 0.3) is 0 Å². The number of nitrogens with zero attached hydrogens (tertiary/aromatic N) is 4. The molecule has 0 atom stereocenters. The molecule has 9 heteroatoms. The fourth-order valence-electron chi connectivity index (χ4n) is 3.46. The Balaban J connectivity index is 1.45. The molecule has 4 aromatic rings. The maximum absolute atomic E-state index is 6.20. The van der Waals surface area contributed by atoms with E-state index in [4.69, 9.17) is 27.1 Å². The summed E-state index contributed by atoms with van der Waals surface area (Å²) in [6.07, 6.45) is 3.39. The summed E-state index contributed by atoms with van der Waals surface area (Å²) in [4.78, 5) is 17.1. The summed E-state index contributed by atoms with van der Waals surface area (Å²) in [5, 5.41) is 9.46. The Morgan fingerprint density at radius 2 is 1.78 bits per heavy atom. The van der Waals surface area contributed by atoms with Crippen molar-refractivity contribution in [3.63, 3.8) is 0 Å². The molecule has 0 amide bonds. The van der Waals surface area contributed by atoms with Crippen LogP contribution >= 0.6 is 11.6 Å². The topological polar surface area (TPSA) is 111 Å². The fraction of sp³-hybridized carbons (Fsp3) is 0.217. The highest BCUT2D eigenvalue weighted by molar-refractivity contribution is 6.31. The smallest absolute Gasteiger partial charge is 0.228 e. The molecule has 0 radical (unpaired) electrons. The summed E-state index contributed by atoms with van der Waals surface area (Å²) in [6, 6.07) is 11.6. The zero-order chi connectivity index (χ0) is 22.5. The van der Waals surface area contributed by atoms with Gasteiger partial charge in [-0.25, -0.2) is 4.98 Å². The zero-order valence-electron chi connectivity index (χ0n) is 17.7. The van der Waals surface area contributed by atoms with Gasteiger partial charge in [0, 0.05) is 28.9 Å². The lowest BCUT2D eigenvalue weighted by molar-refractivity contribution is 0.415. The molecule has 0 saturated heterocycles. The van der Waals surface area contributed by atoms with Gasteiger partial charge in [-0.2, -0.15) is 15.0 Å². The predicted octanol–water partition coefficient (Wildman–Crippen LogP) is 4.76. The third-order valence-electron chi connectivity index (χ3n) is 4.98. The lowest BCUT2D eigenvalue weighted by atomic mass is 10.1. The number of ether oxygens (including phenoxy) is 1. The molecule has 2 heterocycles. The van der Waals surface area contributed by atoms with Crippen molar-refractivity contribution in [2.45, 2.75) is 12.8 Å². The molecule has 4 N–H and O–H groups in total. The average Bonchev–Trinajstić information content (AvgIpc) is 2.79. The van der Waals surface area contributed by atoms with Crippen LogP contribution < -0.4 is 21.1 Å². The van der Waals surface area contributed by atoms with Crippen molar-refractivity contribution in [3.05, 3.63) is 53.8 Å². The number of benzene rings is 2. The minimum Gasteiger partial charge on any atom is -0.497 e. The van der Waals surface area contributed by atoms with Crippen LogP contribution in [0.5, 0.6) is 5.75 Å². The summed E-state index contributed by atoms with van der Waals surface area (Å²) in [5.74, 6) is 1.87. The van der Waals surface area contributed by atoms with Crippen LogP contribution in [0.15, 0.2) is 43.0 Å². The van der Waals surface area contributed by atoms with Gasteiger partial charge in [0.2, 0.25) is 11.9 Å². The van der Waals surface area contributed by atoms with Gasteiger partial charge in [0.1, 0.15) is 5.75 Å². The highest BCUT2D eigenvalue weighted by Gasteiger charge is 2.11. The lowest BCUT2D eigenvalue weighted by Gasteiger charge is -2.14. The molecule has 2 aromatic carbocycles. The van der Waals surface area contributed by atoms with E-state index in [-0.39, 0.29) is 5.95 Å². The van der Waals surface area contributed by atoms with E-state index < -0.39 is 0 Å². The first kappa shape index (κ1) is 21.6. The van der Waals surface area contributed by atoms with E-state index in [1.165, 1.54) is 0 Å². The fourth-order valence-corrected chi connectivity index (χ4v) is 3.62. The summed E-state index contributed by atoms with van der Waals surface area (Å²) < 4.78 is 5.42. The first-order valence-electron chi connectivity index (χ1n) is 10.3. The SMILES string of the molecule is C=Cc1nc(N)nc(NCCCCNc2c3ccc(Cl)cc3nc3ccc(OC)cc23)n1. The Hall–Kier alpha value is -3.65. The van der Waals surface area contributed by atoms with E-state index >= 15 is 0 Å². The third-order valence-corrected chi connectivity index (χ3v) is 5.22. The zero-order valence-corrected chi connectivity index (χ0v) is 18.5. The van der Waals surface area contributed by atoms with Crippen molar-refractivity contribution in [3.8, 4) is 5.75 Å². The largest absolute Gasteiger partial charge is 0.497 e. The van der Waals surface area contributed by atoms with Crippen molar-refractivity contribution >= 4 is 57.1 Å². The molecule has 164 valence electrons. The van der Waals surface area contributed by atoms with Crippen molar-refractivity contribution < 1.29 is 4.74 Å². The Morgan fingerprint density at radius 1 is 0.969 bits per heavy atom. The molecule has 0 aliphatic carbocycles. The van der Waals surface area contributed by atoms with Crippen LogP contribution in [0.2, 0.25) is 5.02 Å². The Labute approximate surface area is 190 Å². The number of hydrogen-bond acceptors (Lipinski definition) is 8. The Bertz CT molecular complexity index is 1280. The molecule has 0 aliphatic heterocycles. The first-order valence-corrected chi connectivity index (χ1v) is 10.6. The first-order chi connectivity index (χ1) is 15.6. The van der Waals surface area contributed by atoms with Crippen molar-refractivity contribution in [2.75, 3.05) is 36.6 Å². The highest BCUT2D eigenvalue weighted by atomic mass is 35.5. The second kappa shape index (κ2) is 9.65. The molecular formula is C23H24ClN7O. The number of fused-ring (bicyclic) bond motifs is 2. The van der Waals surface area contributed by atoms with Gasteiger partial charge in [0.15, 0.2) is 5.82 Å². The van der Waals surface area contributed by atoms with Crippen LogP contribution in [0.25, 0.3) is 27.9 Å². The highest BCUT2D eigenvalue weighted by Crippen LogP contribution is 2.34. The number of methoxy groups -OCH3 is 1. The van der Waals surface area contributed by atoms with Crippen LogP contribution in [0.4, 0.5) is 17.6 Å². The molecule has 2 aromatic heterocycles. The molecule has 0 unspecified atom stereocenters. The minimum absolute atomic E-state index is 0.172. The van der Waals surface area contributed by atoms with Crippen LogP contribution in [-0.4, -0.2) is 40.1 Å². The van der Waals surface area contributed by atoms with Crippen LogP contribution in [0, 0.1) is 0 Å². The van der Waals surface area contributed by atoms with Gasteiger partial charge >= 0.3 is 0 Å². The third kappa shape index (κ3) is 4.81. The monoisotopic (exact) mass is 449 g/mol. The molecule has 0 fully saturated rings. The van der Waals surface area contributed by atoms with E-state index in [0.29, 0.717) is 23.3 Å². The second-order valence-corrected chi connectivity index (χ2v) is 7.61. The van der Waals surface area contributed by atoms with Crippen LogP contribution in [0.1, 0.15) is 18.7 Å². The number of aromatic nitrogens is 4. The molecule has 4 rings (SSSR count). The van der Waals surface area contributed by atoms with Crippen LogP contribution in [0.3, 0.4) is 0 Å². The quantitative estimate of drug-likeness (QED) is 0.247. The maximum Gasteiger partial charge on any atom is 0.228 e. The summed E-state index contributed by atoms with van der Waals surface area (Å²) in [7, 11) is 1.66. The average molecular weight is 450 g/mol. The van der Waals surface area contributed by atoms with Gasteiger partial charge in [-0.3, -0.25) is 0 Å². The molecule has 0 aliphatic rings. The molecule has 0 saturated carbocycles. The number of nitrogens with two attached hydrogens (primary N) is 1. The molecule has 8 nitrogen and oxygen atoms in total. The lowest BCUT2D eigenvalue weighted by Crippen LogP contribution is -2.11. The Kier molecular flexibility index (Phi) is 6.51. The number of pyridine rings is 1. The normalized spacial score (nSPS) is 10.9. The number of unbranched alkanes of at least 4 members (excludes halogenated alkanes) is 1. The van der Waals surface area contributed by atoms with E-state index in [1.54, 1.807) is 13.2 Å². The standard InChI is InChI=1S/C23H24ClN7O/c1-3-20-29-22(25)31-23(30-20)27-11-5-4-10-26-21-16-8-6-14(24)12-19(16)28-18-9-7-15(32-2)13-17(18)21/h3,6-9,12-13H,1,4-5,10-11H2,2H3,(H,26,28)(H3,25,27,29,30,31). The van der Waals surface area contributed by atoms with E-state index in [2.05, 4.69) is 32.2 Å². The van der Waals surface area contributed by atoms with Crippen molar-refractivity contribution in [1.29, 1.82) is 0 Å². The number of rotatable bonds is 9. The van der Waals surface area contributed by atoms with Gasteiger partial charge < -0.3 is 21.1 Å². The summed E-state index contributed by atoms with van der Waals surface area (Å²) in [5.41, 5.74) is 8.45.